The molecule has 0 bridgehead atoms. The molecule has 1 aromatic carbocycles. The molecule has 0 saturated heterocycles. The molecule has 3 rings (SSSR count). The molecule has 0 atom stereocenters. The number of benzene rings is 1. The van der Waals surface area contributed by atoms with Crippen LogP contribution in [0.3, 0.4) is 0 Å². The van der Waals surface area contributed by atoms with Gasteiger partial charge in [0.1, 0.15) is 6.33 Å². The number of hydrogen-bond donors (Lipinski definition) is 1. The number of nitrogens with zero attached hydrogens (tertiary/aromatic N) is 4. The van der Waals surface area contributed by atoms with Crippen LogP contribution in [0.15, 0.2) is 49.1 Å². The Kier molecular flexibility index (Phi) is 5.41. The zero-order valence-electron chi connectivity index (χ0n) is 13.7. The van der Waals surface area contributed by atoms with Crippen molar-refractivity contribution in [3.63, 3.8) is 0 Å². The summed E-state index contributed by atoms with van der Waals surface area (Å²) in [7, 11) is 0. The number of halogens is 4. The van der Waals surface area contributed by atoms with Gasteiger partial charge in [-0.3, -0.25) is 4.79 Å². The van der Waals surface area contributed by atoms with E-state index in [0.717, 1.165) is 10.7 Å². The highest BCUT2D eigenvalue weighted by Gasteiger charge is 2.35. The van der Waals surface area contributed by atoms with Gasteiger partial charge >= 0.3 is 6.18 Å². The maximum absolute atomic E-state index is 13.1. The van der Waals surface area contributed by atoms with Crippen LogP contribution >= 0.6 is 11.6 Å². The fourth-order valence-corrected chi connectivity index (χ4v) is 2.56. The van der Waals surface area contributed by atoms with Crippen molar-refractivity contribution in [3.05, 3.63) is 71.0 Å². The molecule has 140 valence electrons. The van der Waals surface area contributed by atoms with Crippen LogP contribution in [0.2, 0.25) is 5.02 Å². The highest BCUT2D eigenvalue weighted by molar-refractivity contribution is 6.30. The van der Waals surface area contributed by atoms with Gasteiger partial charge in [0.25, 0.3) is 0 Å². The van der Waals surface area contributed by atoms with E-state index < -0.39 is 11.9 Å². The van der Waals surface area contributed by atoms with Gasteiger partial charge in [-0.1, -0.05) is 17.7 Å². The standard InChI is InChI=1S/C17H13ClF3N5O/c18-12-2-1-3-13(5-12)26-14(6-15(25-26)17(19,20)21)9-24-16(27)4-11-7-22-10-23-8-11/h1-3,5-8,10H,4,9H2,(H,24,27). The van der Waals surface area contributed by atoms with Crippen molar-refractivity contribution in [3.8, 4) is 5.69 Å². The van der Waals surface area contributed by atoms with Gasteiger partial charge in [0.05, 0.1) is 24.3 Å². The van der Waals surface area contributed by atoms with Crippen LogP contribution in [0.25, 0.3) is 5.69 Å². The molecule has 3 aromatic rings. The second-order valence-electron chi connectivity index (χ2n) is 5.61. The summed E-state index contributed by atoms with van der Waals surface area (Å²) in [5, 5.41) is 6.55. The van der Waals surface area contributed by atoms with Gasteiger partial charge in [-0.25, -0.2) is 14.6 Å². The molecule has 27 heavy (non-hydrogen) atoms. The molecule has 0 unspecified atom stereocenters. The second kappa shape index (κ2) is 7.75. The molecule has 0 spiro atoms. The maximum atomic E-state index is 13.1. The molecule has 0 aliphatic heterocycles. The van der Waals surface area contributed by atoms with Crippen molar-refractivity contribution in [2.45, 2.75) is 19.1 Å². The van der Waals surface area contributed by atoms with Gasteiger partial charge < -0.3 is 5.32 Å². The van der Waals surface area contributed by atoms with Gasteiger partial charge in [0, 0.05) is 17.4 Å². The number of rotatable bonds is 5. The molecule has 2 aromatic heterocycles. The molecule has 0 saturated carbocycles. The van der Waals surface area contributed by atoms with E-state index in [1.54, 1.807) is 18.2 Å². The molecular formula is C17H13ClF3N5O. The van der Waals surface area contributed by atoms with Gasteiger partial charge in [-0.2, -0.15) is 18.3 Å². The van der Waals surface area contributed by atoms with E-state index in [0.29, 0.717) is 16.3 Å². The van der Waals surface area contributed by atoms with Crippen LogP contribution < -0.4 is 5.32 Å². The Labute approximate surface area is 157 Å². The Balaban J connectivity index is 1.81. The number of aromatic nitrogens is 4. The van der Waals surface area contributed by atoms with Crippen molar-refractivity contribution in [2.75, 3.05) is 0 Å². The summed E-state index contributed by atoms with van der Waals surface area (Å²) in [6.45, 7) is -0.137. The highest BCUT2D eigenvalue weighted by Crippen LogP contribution is 2.30. The van der Waals surface area contributed by atoms with Crippen molar-refractivity contribution < 1.29 is 18.0 Å². The number of alkyl halides is 3. The van der Waals surface area contributed by atoms with Gasteiger partial charge in [0.15, 0.2) is 5.69 Å². The average molecular weight is 396 g/mol. The summed E-state index contributed by atoms with van der Waals surface area (Å²) in [6, 6.07) is 7.16. The highest BCUT2D eigenvalue weighted by atomic mass is 35.5. The van der Waals surface area contributed by atoms with Gasteiger partial charge in [-0.05, 0) is 29.8 Å². The molecule has 0 aliphatic rings. The molecule has 10 heteroatoms. The number of amides is 1. The Bertz CT molecular complexity index is 943. The third-order valence-corrected chi connectivity index (χ3v) is 3.81. The van der Waals surface area contributed by atoms with Crippen LogP contribution in [-0.4, -0.2) is 25.7 Å². The van der Waals surface area contributed by atoms with E-state index in [-0.39, 0.29) is 24.6 Å². The lowest BCUT2D eigenvalue weighted by Gasteiger charge is -2.09. The molecule has 1 N–H and O–H groups in total. The number of hydrogen-bond acceptors (Lipinski definition) is 4. The van der Waals surface area contributed by atoms with E-state index in [9.17, 15) is 18.0 Å². The second-order valence-corrected chi connectivity index (χ2v) is 6.05. The molecule has 1 amide bonds. The quantitative estimate of drug-likeness (QED) is 0.720. The topological polar surface area (TPSA) is 72.7 Å². The number of carbonyl (C=O) groups is 1. The van der Waals surface area contributed by atoms with Crippen LogP contribution in [0, 0.1) is 0 Å². The molecule has 6 nitrogen and oxygen atoms in total. The lowest BCUT2D eigenvalue weighted by molar-refractivity contribution is -0.141. The Morgan fingerprint density at radius 1 is 1.19 bits per heavy atom. The molecule has 0 radical (unpaired) electrons. The number of nitrogens with one attached hydrogen (secondary N) is 1. The molecule has 2 heterocycles. The third-order valence-electron chi connectivity index (χ3n) is 3.57. The first kappa shape index (κ1) is 18.8. The van der Waals surface area contributed by atoms with E-state index in [1.165, 1.54) is 24.8 Å². The minimum absolute atomic E-state index is 0.0122. The lowest BCUT2D eigenvalue weighted by Crippen LogP contribution is -2.25. The largest absolute Gasteiger partial charge is 0.435 e. The minimum atomic E-state index is -4.61. The first-order chi connectivity index (χ1) is 12.8. The van der Waals surface area contributed by atoms with Crippen molar-refractivity contribution in [2.24, 2.45) is 0 Å². The number of carbonyl (C=O) groups excluding carboxylic acids is 1. The fraction of sp³-hybridized carbons (Fsp3) is 0.176. The van der Waals surface area contributed by atoms with E-state index in [1.807, 2.05) is 0 Å². The molecule has 0 aliphatic carbocycles. The zero-order valence-corrected chi connectivity index (χ0v) is 14.5. The van der Waals surface area contributed by atoms with E-state index in [2.05, 4.69) is 20.4 Å². The monoisotopic (exact) mass is 395 g/mol. The predicted molar refractivity (Wildman–Crippen MR) is 91.2 cm³/mol. The van der Waals surface area contributed by atoms with Crippen molar-refractivity contribution >= 4 is 17.5 Å². The SMILES string of the molecule is O=C(Cc1cncnc1)NCc1cc(C(F)(F)F)nn1-c1cccc(Cl)c1. The smallest absolute Gasteiger partial charge is 0.350 e. The van der Waals surface area contributed by atoms with Crippen LogP contribution in [0.1, 0.15) is 17.0 Å². The third kappa shape index (κ3) is 4.82. The maximum Gasteiger partial charge on any atom is 0.435 e. The van der Waals surface area contributed by atoms with Crippen LogP contribution in [-0.2, 0) is 23.9 Å². The normalized spacial score (nSPS) is 11.4. The lowest BCUT2D eigenvalue weighted by atomic mass is 10.2. The Morgan fingerprint density at radius 2 is 1.93 bits per heavy atom. The Hall–Kier alpha value is -2.94. The van der Waals surface area contributed by atoms with Crippen LogP contribution in [0.5, 0.6) is 0 Å². The van der Waals surface area contributed by atoms with Crippen LogP contribution in [0.4, 0.5) is 13.2 Å². The predicted octanol–water partition coefficient (Wildman–Crippen LogP) is 3.19. The summed E-state index contributed by atoms with van der Waals surface area (Å²) in [4.78, 5) is 19.7. The average Bonchev–Trinajstić information content (AvgIpc) is 3.05. The first-order valence-electron chi connectivity index (χ1n) is 7.75. The molecule has 0 fully saturated rings. The first-order valence-corrected chi connectivity index (χ1v) is 8.13. The van der Waals surface area contributed by atoms with E-state index >= 15 is 0 Å². The summed E-state index contributed by atoms with van der Waals surface area (Å²) in [5.74, 6) is -0.378. The van der Waals surface area contributed by atoms with Gasteiger partial charge in [-0.15, -0.1) is 0 Å². The summed E-state index contributed by atoms with van der Waals surface area (Å²) >= 11 is 5.92. The zero-order chi connectivity index (χ0) is 19.4. The van der Waals surface area contributed by atoms with Crippen molar-refractivity contribution in [1.29, 1.82) is 0 Å². The molecular weight excluding hydrogens is 383 g/mol. The van der Waals surface area contributed by atoms with Crippen molar-refractivity contribution in [1.82, 2.24) is 25.1 Å². The van der Waals surface area contributed by atoms with Gasteiger partial charge in [0.2, 0.25) is 5.91 Å². The summed E-state index contributed by atoms with van der Waals surface area (Å²) in [5.41, 5.74) is 0.0680. The Morgan fingerprint density at radius 3 is 2.59 bits per heavy atom. The minimum Gasteiger partial charge on any atom is -0.350 e. The summed E-state index contributed by atoms with van der Waals surface area (Å²) < 4.78 is 40.3. The fourth-order valence-electron chi connectivity index (χ4n) is 2.37. The van der Waals surface area contributed by atoms with E-state index in [4.69, 9.17) is 11.6 Å². The summed E-state index contributed by atoms with van der Waals surface area (Å²) in [6.07, 6.45) is -0.277.